The van der Waals surface area contributed by atoms with Crippen molar-refractivity contribution >= 4 is 17.8 Å². The highest BCUT2D eigenvalue weighted by Crippen LogP contribution is 2.37. The molecule has 2 fully saturated rings. The van der Waals surface area contributed by atoms with Crippen molar-refractivity contribution in [2.75, 3.05) is 33.4 Å². The molecule has 2 aliphatic rings. The summed E-state index contributed by atoms with van der Waals surface area (Å²) in [6.07, 6.45) is 3.64. The van der Waals surface area contributed by atoms with E-state index in [-0.39, 0.29) is 36.6 Å². The summed E-state index contributed by atoms with van der Waals surface area (Å²) in [5, 5.41) is 5.70. The third kappa shape index (κ3) is 6.23. The Kier molecular flexibility index (Phi) is 8.59. The number of carbonyl (C=O) groups excluding carboxylic acids is 3. The number of imide groups is 1. The topological polar surface area (TPSA) is 97.0 Å². The molecule has 0 aromatic heterocycles. The van der Waals surface area contributed by atoms with Crippen molar-refractivity contribution in [1.29, 1.82) is 0 Å². The van der Waals surface area contributed by atoms with Crippen molar-refractivity contribution in [2.24, 2.45) is 0 Å². The molecule has 0 spiro atoms. The van der Waals surface area contributed by atoms with Crippen molar-refractivity contribution in [3.63, 3.8) is 0 Å². The van der Waals surface area contributed by atoms with Crippen LogP contribution in [-0.2, 0) is 26.2 Å². The van der Waals surface area contributed by atoms with E-state index in [1.54, 1.807) is 7.11 Å². The zero-order chi connectivity index (χ0) is 25.4. The fraction of sp³-hybridized carbons (Fsp3) is 0.464. The molecule has 2 heterocycles. The number of methoxy groups -OCH3 is 1. The number of nitrogens with zero attached hydrogens (tertiary/aromatic N) is 1. The van der Waals surface area contributed by atoms with Crippen molar-refractivity contribution in [1.82, 2.24) is 15.5 Å². The molecule has 0 bridgehead atoms. The molecule has 8 heteroatoms. The van der Waals surface area contributed by atoms with Crippen LogP contribution in [-0.4, -0.2) is 62.2 Å². The number of rotatable bonds is 11. The van der Waals surface area contributed by atoms with Crippen LogP contribution in [0, 0.1) is 0 Å². The summed E-state index contributed by atoms with van der Waals surface area (Å²) in [4.78, 5) is 39.6. The Balaban J connectivity index is 1.29. The molecule has 4 rings (SSSR count). The van der Waals surface area contributed by atoms with Gasteiger partial charge >= 0.3 is 6.03 Å². The van der Waals surface area contributed by atoms with Gasteiger partial charge in [-0.2, -0.15) is 0 Å². The zero-order valence-corrected chi connectivity index (χ0v) is 20.8. The van der Waals surface area contributed by atoms with E-state index in [4.69, 9.17) is 9.47 Å². The Morgan fingerprint density at radius 3 is 2.53 bits per heavy atom. The number of hydrogen-bond donors (Lipinski definition) is 2. The molecule has 0 radical (unpaired) electrons. The van der Waals surface area contributed by atoms with E-state index < -0.39 is 12.1 Å². The molecule has 2 aromatic rings. The second-order valence-electron chi connectivity index (χ2n) is 9.53. The monoisotopic (exact) mass is 493 g/mol. The minimum Gasteiger partial charge on any atom is -0.497 e. The van der Waals surface area contributed by atoms with Crippen LogP contribution in [0.25, 0.3) is 0 Å². The Morgan fingerprint density at radius 2 is 1.83 bits per heavy atom. The van der Waals surface area contributed by atoms with Gasteiger partial charge in [-0.05, 0) is 55.4 Å². The molecule has 1 atom stereocenters. The maximum absolute atomic E-state index is 13.2. The van der Waals surface area contributed by atoms with E-state index in [1.165, 1.54) is 10.5 Å². The quantitative estimate of drug-likeness (QED) is 0.370. The first-order chi connectivity index (χ1) is 17.5. The van der Waals surface area contributed by atoms with E-state index in [2.05, 4.69) is 22.8 Å². The maximum atomic E-state index is 13.2. The summed E-state index contributed by atoms with van der Waals surface area (Å²) in [6.45, 7) is 2.01. The standard InChI is InChI=1S/C28H35N3O5/c1-35-23-11-9-22(10-12-23)28(15-18-36-19-16-28)20-31-26(33)24(30-27(31)34)13-14-25(32)29-17-5-8-21-6-3-2-4-7-21/h2-4,6-7,9-12,24H,5,8,13-20H2,1H3,(H,29,32)(H,30,34)/t24-/m1/s1. The summed E-state index contributed by atoms with van der Waals surface area (Å²) in [7, 11) is 1.62. The third-order valence-corrected chi connectivity index (χ3v) is 7.19. The van der Waals surface area contributed by atoms with Gasteiger partial charge in [0.2, 0.25) is 5.91 Å². The average Bonchev–Trinajstić information content (AvgIpc) is 3.18. The minimum atomic E-state index is -0.680. The van der Waals surface area contributed by atoms with Gasteiger partial charge in [-0.1, -0.05) is 42.5 Å². The van der Waals surface area contributed by atoms with E-state index >= 15 is 0 Å². The van der Waals surface area contributed by atoms with Crippen LogP contribution in [0.5, 0.6) is 5.75 Å². The fourth-order valence-electron chi connectivity index (χ4n) is 5.00. The molecule has 0 aliphatic carbocycles. The van der Waals surface area contributed by atoms with E-state index in [1.807, 2.05) is 42.5 Å². The van der Waals surface area contributed by atoms with Crippen molar-refractivity contribution in [3.05, 3.63) is 65.7 Å². The van der Waals surface area contributed by atoms with Crippen LogP contribution in [0.3, 0.4) is 0 Å². The van der Waals surface area contributed by atoms with Gasteiger partial charge in [-0.15, -0.1) is 0 Å². The van der Waals surface area contributed by atoms with Gasteiger partial charge < -0.3 is 20.1 Å². The number of urea groups is 1. The number of nitrogens with one attached hydrogen (secondary N) is 2. The van der Waals surface area contributed by atoms with Crippen LogP contribution in [0.2, 0.25) is 0 Å². The average molecular weight is 494 g/mol. The highest BCUT2D eigenvalue weighted by molar-refractivity contribution is 6.04. The van der Waals surface area contributed by atoms with Crippen LogP contribution >= 0.6 is 0 Å². The lowest BCUT2D eigenvalue weighted by Gasteiger charge is -2.39. The fourth-order valence-corrected chi connectivity index (χ4v) is 5.00. The van der Waals surface area contributed by atoms with Gasteiger partial charge in [0, 0.05) is 38.1 Å². The highest BCUT2D eigenvalue weighted by atomic mass is 16.5. The lowest BCUT2D eigenvalue weighted by atomic mass is 9.73. The van der Waals surface area contributed by atoms with E-state index in [9.17, 15) is 14.4 Å². The molecule has 8 nitrogen and oxygen atoms in total. The van der Waals surface area contributed by atoms with Crippen molar-refractivity contribution in [2.45, 2.75) is 50.0 Å². The van der Waals surface area contributed by atoms with Gasteiger partial charge in [-0.25, -0.2) is 4.79 Å². The van der Waals surface area contributed by atoms with Gasteiger partial charge in [-0.3, -0.25) is 14.5 Å². The molecule has 192 valence electrons. The molecule has 2 aliphatic heterocycles. The predicted octanol–water partition coefficient (Wildman–Crippen LogP) is 3.19. The Bertz CT molecular complexity index is 1030. The molecule has 2 saturated heterocycles. The number of benzene rings is 2. The van der Waals surface area contributed by atoms with Gasteiger partial charge in [0.05, 0.1) is 7.11 Å². The minimum absolute atomic E-state index is 0.109. The molecule has 0 saturated carbocycles. The smallest absolute Gasteiger partial charge is 0.324 e. The normalized spacial score (nSPS) is 19.1. The highest BCUT2D eigenvalue weighted by Gasteiger charge is 2.44. The molecule has 0 unspecified atom stereocenters. The number of ether oxygens (including phenoxy) is 2. The number of hydrogen-bond acceptors (Lipinski definition) is 5. The second-order valence-corrected chi connectivity index (χ2v) is 9.53. The van der Waals surface area contributed by atoms with Crippen molar-refractivity contribution < 1.29 is 23.9 Å². The summed E-state index contributed by atoms with van der Waals surface area (Å²) < 4.78 is 10.9. The summed E-state index contributed by atoms with van der Waals surface area (Å²) in [5.41, 5.74) is 1.93. The van der Waals surface area contributed by atoms with Crippen LogP contribution in [0.1, 0.15) is 43.2 Å². The number of carbonyl (C=O) groups is 3. The summed E-state index contributed by atoms with van der Waals surface area (Å²) in [5.74, 6) is 0.383. The van der Waals surface area contributed by atoms with Crippen LogP contribution in [0.4, 0.5) is 4.79 Å². The van der Waals surface area contributed by atoms with Crippen LogP contribution < -0.4 is 15.4 Å². The molecule has 36 heavy (non-hydrogen) atoms. The summed E-state index contributed by atoms with van der Waals surface area (Å²) in [6, 6.07) is 16.9. The molecule has 4 amide bonds. The Morgan fingerprint density at radius 1 is 1.11 bits per heavy atom. The Labute approximate surface area is 212 Å². The van der Waals surface area contributed by atoms with E-state index in [0.29, 0.717) is 32.6 Å². The SMILES string of the molecule is COc1ccc(C2(CN3C(=O)N[C@H](CCC(=O)NCCCc4ccccc4)C3=O)CCOCC2)cc1. The predicted molar refractivity (Wildman–Crippen MR) is 136 cm³/mol. The van der Waals surface area contributed by atoms with Crippen LogP contribution in [0.15, 0.2) is 54.6 Å². The Hall–Kier alpha value is -3.39. The lowest BCUT2D eigenvalue weighted by Crippen LogP contribution is -2.47. The van der Waals surface area contributed by atoms with Gasteiger partial charge in [0.15, 0.2) is 0 Å². The number of aryl methyl sites for hydroxylation is 1. The van der Waals surface area contributed by atoms with Gasteiger partial charge in [0.25, 0.3) is 5.91 Å². The molecular formula is C28H35N3O5. The first-order valence-corrected chi connectivity index (χ1v) is 12.7. The second kappa shape index (κ2) is 12.0. The largest absolute Gasteiger partial charge is 0.497 e. The zero-order valence-electron chi connectivity index (χ0n) is 20.8. The molecule has 2 N–H and O–H groups in total. The number of amides is 4. The summed E-state index contributed by atoms with van der Waals surface area (Å²) >= 11 is 0. The molecular weight excluding hydrogens is 458 g/mol. The van der Waals surface area contributed by atoms with Crippen molar-refractivity contribution in [3.8, 4) is 5.75 Å². The first kappa shape index (κ1) is 25.7. The first-order valence-electron chi connectivity index (χ1n) is 12.7. The maximum Gasteiger partial charge on any atom is 0.324 e. The van der Waals surface area contributed by atoms with Gasteiger partial charge in [0.1, 0.15) is 11.8 Å². The molecule has 2 aromatic carbocycles. The van der Waals surface area contributed by atoms with E-state index in [0.717, 1.165) is 24.2 Å². The third-order valence-electron chi connectivity index (χ3n) is 7.19. The lowest BCUT2D eigenvalue weighted by molar-refractivity contribution is -0.129.